The number of aryl methyl sites for hydroxylation is 2. The molecule has 3 rings (SSSR count). The molecule has 29 heavy (non-hydrogen) atoms. The molecule has 0 unspecified atom stereocenters. The number of fused-ring (bicyclic) bond motifs is 1. The summed E-state index contributed by atoms with van der Waals surface area (Å²) in [5.41, 5.74) is 4.28. The molecule has 0 aliphatic carbocycles. The summed E-state index contributed by atoms with van der Waals surface area (Å²) in [6, 6.07) is 5.82. The highest BCUT2D eigenvalue weighted by Gasteiger charge is 2.27. The smallest absolute Gasteiger partial charge is 0.291 e. The molecule has 1 aromatic heterocycles. The van der Waals surface area contributed by atoms with Crippen LogP contribution in [0.2, 0.25) is 0 Å². The summed E-state index contributed by atoms with van der Waals surface area (Å²) in [5, 5.41) is 5.88. The van der Waals surface area contributed by atoms with Gasteiger partial charge in [0.15, 0.2) is 5.82 Å². The number of hydrogen-bond acceptors (Lipinski definition) is 4. The van der Waals surface area contributed by atoms with Crippen molar-refractivity contribution in [2.75, 3.05) is 32.5 Å². The maximum Gasteiger partial charge on any atom is 0.291 e. The Hall–Kier alpha value is -2.67. The van der Waals surface area contributed by atoms with Crippen LogP contribution in [0.4, 0.5) is 5.69 Å². The summed E-state index contributed by atoms with van der Waals surface area (Å²) in [6.07, 6.45) is 3.63. The second-order valence-electron chi connectivity index (χ2n) is 8.01. The van der Waals surface area contributed by atoms with E-state index in [-0.39, 0.29) is 11.8 Å². The Labute approximate surface area is 172 Å². The first-order valence-corrected chi connectivity index (χ1v) is 10.3. The van der Waals surface area contributed by atoms with Gasteiger partial charge in [-0.2, -0.15) is 0 Å². The molecule has 0 fully saturated rings. The molecule has 2 aromatic rings. The first kappa shape index (κ1) is 21.0. The van der Waals surface area contributed by atoms with Gasteiger partial charge in [0.2, 0.25) is 0 Å². The van der Waals surface area contributed by atoms with Crippen LogP contribution < -0.4 is 10.6 Å². The van der Waals surface area contributed by atoms with Gasteiger partial charge in [0.25, 0.3) is 11.8 Å². The number of carbonyl (C=O) groups excluding carboxylic acids is 2. The van der Waals surface area contributed by atoms with Crippen molar-refractivity contribution in [1.82, 2.24) is 19.8 Å². The van der Waals surface area contributed by atoms with Crippen molar-refractivity contribution in [3.8, 4) is 0 Å². The number of amides is 2. The Morgan fingerprint density at radius 1 is 1.14 bits per heavy atom. The number of aromatic nitrogens is 2. The van der Waals surface area contributed by atoms with Crippen molar-refractivity contribution in [3.05, 3.63) is 46.5 Å². The molecule has 2 amide bonds. The lowest BCUT2D eigenvalue weighted by Crippen LogP contribution is -2.28. The molecule has 1 aliphatic rings. The first-order valence-electron chi connectivity index (χ1n) is 10.3. The van der Waals surface area contributed by atoms with E-state index in [0.29, 0.717) is 24.6 Å². The minimum atomic E-state index is -0.275. The number of carbonyl (C=O) groups is 2. The van der Waals surface area contributed by atoms with E-state index in [0.717, 1.165) is 49.2 Å². The highest BCUT2D eigenvalue weighted by molar-refractivity contribution is 6.03. The predicted molar refractivity (Wildman–Crippen MR) is 115 cm³/mol. The van der Waals surface area contributed by atoms with Gasteiger partial charge < -0.3 is 20.1 Å². The van der Waals surface area contributed by atoms with Gasteiger partial charge in [-0.1, -0.05) is 6.07 Å². The average molecular weight is 398 g/mol. The van der Waals surface area contributed by atoms with Gasteiger partial charge in [0.1, 0.15) is 5.69 Å². The minimum Gasteiger partial charge on any atom is -0.351 e. The zero-order chi connectivity index (χ0) is 21.0. The number of benzene rings is 1. The average Bonchev–Trinajstić information content (AvgIpc) is 3.08. The third kappa shape index (κ3) is 5.03. The molecule has 0 spiro atoms. The van der Waals surface area contributed by atoms with Crippen LogP contribution in [0.15, 0.2) is 18.2 Å². The Morgan fingerprint density at radius 2 is 1.93 bits per heavy atom. The third-order valence-electron chi connectivity index (χ3n) is 5.37. The van der Waals surface area contributed by atoms with Crippen molar-refractivity contribution >= 4 is 17.5 Å². The number of hydrogen-bond donors (Lipinski definition) is 2. The normalized spacial score (nSPS) is 13.3. The lowest BCUT2D eigenvalue weighted by molar-refractivity contribution is 0.0946. The molecule has 0 radical (unpaired) electrons. The van der Waals surface area contributed by atoms with Gasteiger partial charge in [0, 0.05) is 18.8 Å². The molecule has 1 aliphatic heterocycles. The highest BCUT2D eigenvalue weighted by Crippen LogP contribution is 2.22. The van der Waals surface area contributed by atoms with E-state index >= 15 is 0 Å². The lowest BCUT2D eigenvalue weighted by Gasteiger charge is -2.17. The van der Waals surface area contributed by atoms with Crippen LogP contribution in [0.1, 0.15) is 57.2 Å². The first-order chi connectivity index (χ1) is 13.9. The Bertz CT molecular complexity index is 901. The summed E-state index contributed by atoms with van der Waals surface area (Å²) in [7, 11) is 4.02. The van der Waals surface area contributed by atoms with Crippen molar-refractivity contribution in [2.24, 2.45) is 0 Å². The zero-order valence-corrected chi connectivity index (χ0v) is 17.8. The SMILES string of the molecule is Cc1ccc(NC(=O)c2nc(C(=O)NCCCN(C)C)c3n2CCCC3)cc1C. The Kier molecular flexibility index (Phi) is 6.69. The number of anilines is 1. The minimum absolute atomic E-state index is 0.195. The fraction of sp³-hybridized carbons (Fsp3) is 0.500. The molecular weight excluding hydrogens is 366 g/mol. The molecule has 1 aromatic carbocycles. The van der Waals surface area contributed by atoms with E-state index in [2.05, 4.69) is 20.5 Å². The van der Waals surface area contributed by atoms with Gasteiger partial charge in [-0.05, 0) is 83.4 Å². The lowest BCUT2D eigenvalue weighted by atomic mass is 10.1. The van der Waals surface area contributed by atoms with Crippen LogP contribution >= 0.6 is 0 Å². The van der Waals surface area contributed by atoms with E-state index in [1.54, 1.807) is 0 Å². The van der Waals surface area contributed by atoms with Gasteiger partial charge in [0.05, 0.1) is 5.69 Å². The van der Waals surface area contributed by atoms with Crippen molar-refractivity contribution in [2.45, 2.75) is 46.1 Å². The van der Waals surface area contributed by atoms with Crippen LogP contribution in [0.3, 0.4) is 0 Å². The number of rotatable bonds is 7. The van der Waals surface area contributed by atoms with Crippen LogP contribution in [0, 0.1) is 13.8 Å². The molecule has 0 atom stereocenters. The van der Waals surface area contributed by atoms with Crippen LogP contribution in [-0.2, 0) is 13.0 Å². The molecule has 2 N–H and O–H groups in total. The summed E-state index contributed by atoms with van der Waals surface area (Å²) >= 11 is 0. The largest absolute Gasteiger partial charge is 0.351 e. The standard InChI is InChI=1S/C22H31N5O2/c1-15-9-10-17(14-16(15)2)24-22(29)20-25-19(18-8-5-6-13-27(18)20)21(28)23-11-7-12-26(3)4/h9-10,14H,5-8,11-13H2,1-4H3,(H,23,28)(H,24,29). The third-order valence-corrected chi connectivity index (χ3v) is 5.37. The molecule has 156 valence electrons. The van der Waals surface area contributed by atoms with Crippen molar-refractivity contribution in [1.29, 1.82) is 0 Å². The molecule has 7 nitrogen and oxygen atoms in total. The maximum absolute atomic E-state index is 12.9. The fourth-order valence-corrected chi connectivity index (χ4v) is 3.59. The van der Waals surface area contributed by atoms with Crippen LogP contribution in [0.5, 0.6) is 0 Å². The maximum atomic E-state index is 12.9. The fourth-order valence-electron chi connectivity index (χ4n) is 3.59. The van der Waals surface area contributed by atoms with E-state index in [4.69, 9.17) is 0 Å². The molecule has 2 heterocycles. The number of nitrogens with one attached hydrogen (secondary N) is 2. The highest BCUT2D eigenvalue weighted by atomic mass is 16.2. The van der Waals surface area contributed by atoms with Gasteiger partial charge in [-0.15, -0.1) is 0 Å². The molecule has 0 saturated carbocycles. The molecule has 7 heteroatoms. The summed E-state index contributed by atoms with van der Waals surface area (Å²) < 4.78 is 1.91. The van der Waals surface area contributed by atoms with Gasteiger partial charge in [-0.3, -0.25) is 9.59 Å². The molecule has 0 saturated heterocycles. The molecular formula is C22H31N5O2. The Balaban J connectivity index is 1.77. The van der Waals surface area contributed by atoms with Crippen molar-refractivity contribution < 1.29 is 9.59 Å². The van der Waals surface area contributed by atoms with Crippen LogP contribution in [-0.4, -0.2) is 53.5 Å². The van der Waals surface area contributed by atoms with Crippen molar-refractivity contribution in [3.63, 3.8) is 0 Å². The summed E-state index contributed by atoms with van der Waals surface area (Å²) in [4.78, 5) is 32.2. The summed E-state index contributed by atoms with van der Waals surface area (Å²) in [6.45, 7) is 6.26. The number of imidazole rings is 1. The van der Waals surface area contributed by atoms with E-state index in [1.807, 2.05) is 50.7 Å². The van der Waals surface area contributed by atoms with E-state index in [1.165, 1.54) is 5.56 Å². The molecule has 0 bridgehead atoms. The monoisotopic (exact) mass is 397 g/mol. The summed E-state index contributed by atoms with van der Waals surface area (Å²) in [5.74, 6) is -0.154. The van der Waals surface area contributed by atoms with E-state index in [9.17, 15) is 9.59 Å². The van der Waals surface area contributed by atoms with Crippen LogP contribution in [0.25, 0.3) is 0 Å². The second-order valence-corrected chi connectivity index (χ2v) is 8.01. The predicted octanol–water partition coefficient (Wildman–Crippen LogP) is 2.77. The second kappa shape index (κ2) is 9.22. The number of nitrogens with zero attached hydrogens (tertiary/aromatic N) is 3. The van der Waals surface area contributed by atoms with Gasteiger partial charge >= 0.3 is 0 Å². The quantitative estimate of drug-likeness (QED) is 0.704. The van der Waals surface area contributed by atoms with E-state index < -0.39 is 0 Å². The topological polar surface area (TPSA) is 79.3 Å². The van der Waals surface area contributed by atoms with Gasteiger partial charge in [-0.25, -0.2) is 4.98 Å². The Morgan fingerprint density at radius 3 is 2.66 bits per heavy atom. The zero-order valence-electron chi connectivity index (χ0n) is 17.8.